The topological polar surface area (TPSA) is 52.6 Å². The number of hydrogen-bond donors (Lipinski definition) is 0. The summed E-state index contributed by atoms with van der Waals surface area (Å²) in [5.41, 5.74) is 0. The Bertz CT molecular complexity index is 379. The number of methoxy groups -OCH3 is 2. The van der Waals surface area contributed by atoms with Gasteiger partial charge in [-0.1, -0.05) is 11.8 Å². The predicted octanol–water partition coefficient (Wildman–Crippen LogP) is 0.452. The van der Waals surface area contributed by atoms with Crippen molar-refractivity contribution in [3.63, 3.8) is 0 Å². The van der Waals surface area contributed by atoms with Crippen LogP contribution in [0.3, 0.4) is 0 Å². The number of rotatable bonds is 2. The van der Waals surface area contributed by atoms with Crippen LogP contribution in [0.4, 0.5) is 0 Å². The molecule has 0 unspecified atom stereocenters. The fraction of sp³-hybridized carbons (Fsp3) is 0.167. The zero-order chi connectivity index (χ0) is 12.2. The second-order valence-corrected chi connectivity index (χ2v) is 2.25. The SMILES string of the molecule is COC(=O)C=CC#CC#CC=CC(=O)OC. The van der Waals surface area contributed by atoms with Gasteiger partial charge in [-0.3, -0.25) is 0 Å². The molecule has 0 rings (SSSR count). The van der Waals surface area contributed by atoms with Crippen LogP contribution in [0.15, 0.2) is 24.3 Å². The first-order valence-electron chi connectivity index (χ1n) is 4.20. The second kappa shape index (κ2) is 9.11. The van der Waals surface area contributed by atoms with Gasteiger partial charge in [0, 0.05) is 12.2 Å². The summed E-state index contributed by atoms with van der Waals surface area (Å²) in [6.45, 7) is 0. The van der Waals surface area contributed by atoms with E-state index < -0.39 is 11.9 Å². The molecule has 4 heteroatoms. The van der Waals surface area contributed by atoms with Crippen molar-refractivity contribution in [3.8, 4) is 23.7 Å². The van der Waals surface area contributed by atoms with Crippen LogP contribution in [0, 0.1) is 23.7 Å². The van der Waals surface area contributed by atoms with Gasteiger partial charge in [0.1, 0.15) is 0 Å². The normalized spacial score (nSPS) is 8.88. The molecule has 0 N–H and O–H groups in total. The third kappa shape index (κ3) is 8.15. The highest BCUT2D eigenvalue weighted by Crippen LogP contribution is 1.76. The molecule has 4 nitrogen and oxygen atoms in total. The Morgan fingerprint density at radius 1 is 0.875 bits per heavy atom. The van der Waals surface area contributed by atoms with E-state index in [4.69, 9.17) is 0 Å². The number of carbonyl (C=O) groups excluding carboxylic acids is 2. The van der Waals surface area contributed by atoms with Gasteiger partial charge < -0.3 is 9.47 Å². The van der Waals surface area contributed by atoms with E-state index in [2.05, 4.69) is 33.2 Å². The lowest BCUT2D eigenvalue weighted by molar-refractivity contribution is -0.135. The maximum atomic E-state index is 10.6. The molecule has 82 valence electrons. The molecule has 0 aliphatic rings. The van der Waals surface area contributed by atoms with Crippen LogP contribution in [-0.4, -0.2) is 26.2 Å². The third-order valence-electron chi connectivity index (χ3n) is 1.21. The Morgan fingerprint density at radius 3 is 1.56 bits per heavy atom. The van der Waals surface area contributed by atoms with E-state index in [1.807, 2.05) is 0 Å². The molecule has 0 bridgehead atoms. The molecular formula is C12H10O4. The number of ether oxygens (including phenoxy) is 2. The van der Waals surface area contributed by atoms with Gasteiger partial charge in [0.15, 0.2) is 0 Å². The van der Waals surface area contributed by atoms with Gasteiger partial charge >= 0.3 is 11.9 Å². The minimum absolute atomic E-state index is 0.479. The highest BCUT2D eigenvalue weighted by Gasteiger charge is 1.86. The van der Waals surface area contributed by atoms with Crippen molar-refractivity contribution >= 4 is 11.9 Å². The molecule has 0 aromatic heterocycles. The van der Waals surface area contributed by atoms with Crippen molar-refractivity contribution < 1.29 is 19.1 Å². The Hall–Kier alpha value is -2.46. The van der Waals surface area contributed by atoms with Crippen molar-refractivity contribution in [3.05, 3.63) is 24.3 Å². The Kier molecular flexibility index (Phi) is 7.71. The van der Waals surface area contributed by atoms with Crippen molar-refractivity contribution in [1.82, 2.24) is 0 Å². The second-order valence-electron chi connectivity index (χ2n) is 2.25. The minimum Gasteiger partial charge on any atom is -0.466 e. The number of esters is 2. The minimum atomic E-state index is -0.479. The number of carbonyl (C=O) groups is 2. The summed E-state index contributed by atoms with van der Waals surface area (Å²) in [5, 5.41) is 0. The Balaban J connectivity index is 4.07. The summed E-state index contributed by atoms with van der Waals surface area (Å²) in [7, 11) is 2.55. The molecule has 0 spiro atoms. The third-order valence-corrected chi connectivity index (χ3v) is 1.21. The molecular weight excluding hydrogens is 208 g/mol. The quantitative estimate of drug-likeness (QED) is 0.383. The van der Waals surface area contributed by atoms with Crippen molar-refractivity contribution in [2.24, 2.45) is 0 Å². The summed E-state index contributed by atoms with van der Waals surface area (Å²) in [6.07, 6.45) is 5.01. The van der Waals surface area contributed by atoms with Crippen molar-refractivity contribution in [2.45, 2.75) is 0 Å². The van der Waals surface area contributed by atoms with Gasteiger partial charge in [-0.25, -0.2) is 9.59 Å². The van der Waals surface area contributed by atoms with Crippen molar-refractivity contribution in [2.75, 3.05) is 14.2 Å². The summed E-state index contributed by atoms with van der Waals surface area (Å²) in [4.78, 5) is 21.2. The molecule has 0 aromatic carbocycles. The zero-order valence-electron chi connectivity index (χ0n) is 8.94. The fourth-order valence-electron chi connectivity index (χ4n) is 0.511. The molecule has 0 saturated carbocycles. The maximum absolute atomic E-state index is 10.6. The lowest BCUT2D eigenvalue weighted by Crippen LogP contribution is -1.92. The van der Waals surface area contributed by atoms with Crippen LogP contribution in [0.5, 0.6) is 0 Å². The molecule has 0 aliphatic heterocycles. The van der Waals surface area contributed by atoms with Gasteiger partial charge in [0.05, 0.1) is 14.2 Å². The van der Waals surface area contributed by atoms with E-state index in [1.165, 1.54) is 38.5 Å². The summed E-state index contributed by atoms with van der Waals surface area (Å²) in [6, 6.07) is 0. The van der Waals surface area contributed by atoms with Crippen LogP contribution >= 0.6 is 0 Å². The van der Waals surface area contributed by atoms with E-state index in [9.17, 15) is 9.59 Å². The molecule has 0 radical (unpaired) electrons. The Morgan fingerprint density at radius 2 is 1.25 bits per heavy atom. The largest absolute Gasteiger partial charge is 0.466 e. The summed E-state index contributed by atoms with van der Waals surface area (Å²) >= 11 is 0. The molecule has 0 saturated heterocycles. The predicted molar refractivity (Wildman–Crippen MR) is 57.9 cm³/mol. The highest BCUT2D eigenvalue weighted by atomic mass is 16.5. The molecule has 0 aromatic rings. The van der Waals surface area contributed by atoms with Crippen LogP contribution in [0.1, 0.15) is 0 Å². The first-order chi connectivity index (χ1) is 7.70. The van der Waals surface area contributed by atoms with E-state index in [0.717, 1.165) is 0 Å². The lowest BCUT2D eigenvalue weighted by Gasteiger charge is -1.84. The standard InChI is InChI=1S/C12H10O4/c1-15-11(13)9-7-5-3-4-6-8-10-12(14)16-2/h7-10H,1-2H3. The molecule has 0 heterocycles. The number of allylic oxidation sites excluding steroid dienone is 2. The van der Waals surface area contributed by atoms with E-state index in [0.29, 0.717) is 0 Å². The average Bonchev–Trinajstić information content (AvgIpc) is 2.31. The van der Waals surface area contributed by atoms with Crippen LogP contribution < -0.4 is 0 Å². The van der Waals surface area contributed by atoms with Gasteiger partial charge in [-0.2, -0.15) is 0 Å². The highest BCUT2D eigenvalue weighted by molar-refractivity contribution is 5.82. The van der Waals surface area contributed by atoms with Crippen LogP contribution in [0.25, 0.3) is 0 Å². The molecule has 0 atom stereocenters. The average molecular weight is 218 g/mol. The Labute approximate surface area is 93.9 Å². The fourth-order valence-corrected chi connectivity index (χ4v) is 0.511. The molecule has 16 heavy (non-hydrogen) atoms. The monoisotopic (exact) mass is 218 g/mol. The lowest BCUT2D eigenvalue weighted by atomic mass is 10.4. The first kappa shape index (κ1) is 13.5. The molecule has 0 fully saturated rings. The van der Waals surface area contributed by atoms with E-state index in [1.54, 1.807) is 0 Å². The van der Waals surface area contributed by atoms with Crippen LogP contribution in [0.2, 0.25) is 0 Å². The smallest absolute Gasteiger partial charge is 0.331 e. The molecule has 0 amide bonds. The van der Waals surface area contributed by atoms with E-state index >= 15 is 0 Å². The summed E-state index contributed by atoms with van der Waals surface area (Å²) in [5.74, 6) is 8.93. The van der Waals surface area contributed by atoms with Crippen LogP contribution in [-0.2, 0) is 19.1 Å². The summed E-state index contributed by atoms with van der Waals surface area (Å²) < 4.78 is 8.68. The maximum Gasteiger partial charge on any atom is 0.331 e. The zero-order valence-corrected chi connectivity index (χ0v) is 8.94. The molecule has 0 aliphatic carbocycles. The van der Waals surface area contributed by atoms with Gasteiger partial charge in [0.2, 0.25) is 0 Å². The van der Waals surface area contributed by atoms with Gasteiger partial charge in [0.25, 0.3) is 0 Å². The number of hydrogen-bond acceptors (Lipinski definition) is 4. The van der Waals surface area contributed by atoms with Crippen molar-refractivity contribution in [1.29, 1.82) is 0 Å². The first-order valence-corrected chi connectivity index (χ1v) is 4.20. The van der Waals surface area contributed by atoms with Gasteiger partial charge in [-0.05, 0) is 24.0 Å². The van der Waals surface area contributed by atoms with E-state index in [-0.39, 0.29) is 0 Å². The van der Waals surface area contributed by atoms with Gasteiger partial charge in [-0.15, -0.1) is 0 Å².